The third-order valence-electron chi connectivity index (χ3n) is 4.04. The first-order valence-electron chi connectivity index (χ1n) is 6.88. The largest absolute Gasteiger partial charge is 0.398 e. The number of sulfonamides is 1. The summed E-state index contributed by atoms with van der Waals surface area (Å²) in [5, 5.41) is 0. The Morgan fingerprint density at radius 2 is 1.76 bits per heavy atom. The maximum Gasteiger partial charge on any atom is 0.266 e. The van der Waals surface area contributed by atoms with Crippen molar-refractivity contribution in [1.29, 1.82) is 0 Å². The van der Waals surface area contributed by atoms with Crippen LogP contribution in [0.3, 0.4) is 0 Å². The number of anilines is 2. The van der Waals surface area contributed by atoms with E-state index in [1.54, 1.807) is 12.1 Å². The van der Waals surface area contributed by atoms with Crippen LogP contribution in [-0.2, 0) is 16.4 Å². The molecule has 0 radical (unpaired) electrons. The van der Waals surface area contributed by atoms with E-state index >= 15 is 0 Å². The smallest absolute Gasteiger partial charge is 0.266 e. The summed E-state index contributed by atoms with van der Waals surface area (Å²) in [5.41, 5.74) is 10.0. The second-order valence-electron chi connectivity index (χ2n) is 5.43. The van der Waals surface area contributed by atoms with E-state index in [1.165, 1.54) is 4.31 Å². The van der Waals surface area contributed by atoms with Crippen LogP contribution in [-0.4, -0.2) is 15.0 Å². The molecule has 0 saturated heterocycles. The fraction of sp³-hybridized carbons (Fsp3) is 0.250. The zero-order chi connectivity index (χ0) is 15.2. The number of nitrogens with two attached hydrogens (primary N) is 1. The van der Waals surface area contributed by atoms with Gasteiger partial charge in [0, 0.05) is 6.54 Å². The van der Waals surface area contributed by atoms with Crippen molar-refractivity contribution < 1.29 is 8.42 Å². The number of rotatable bonds is 2. The molecule has 0 atom stereocenters. The van der Waals surface area contributed by atoms with E-state index in [4.69, 9.17) is 5.73 Å². The van der Waals surface area contributed by atoms with Gasteiger partial charge in [0.25, 0.3) is 10.0 Å². The molecule has 5 heteroatoms. The van der Waals surface area contributed by atoms with E-state index in [2.05, 4.69) is 0 Å². The Hall–Kier alpha value is -2.01. The highest BCUT2D eigenvalue weighted by Crippen LogP contribution is 2.34. The standard InChI is InChI=1S/C16H18N2O2S/c1-11-9-14(17)16(10-12(11)2)21(19,20)18-8-7-13-5-3-4-6-15(13)18/h3-6,9-10H,7-8,17H2,1-2H3. The molecule has 1 heterocycles. The van der Waals surface area contributed by atoms with Crippen LogP contribution in [0.15, 0.2) is 41.3 Å². The average Bonchev–Trinajstić information content (AvgIpc) is 2.87. The minimum atomic E-state index is -3.61. The minimum Gasteiger partial charge on any atom is -0.398 e. The molecule has 0 aliphatic carbocycles. The number of nitrogens with zero attached hydrogens (tertiary/aromatic N) is 1. The summed E-state index contributed by atoms with van der Waals surface area (Å²) in [6, 6.07) is 11.0. The molecule has 0 aromatic heterocycles. The second kappa shape index (κ2) is 4.77. The normalized spacial score (nSPS) is 14.3. The monoisotopic (exact) mass is 302 g/mol. The van der Waals surface area contributed by atoms with Gasteiger partial charge in [0.15, 0.2) is 0 Å². The molecule has 2 aromatic rings. The van der Waals surface area contributed by atoms with Crippen LogP contribution < -0.4 is 10.0 Å². The average molecular weight is 302 g/mol. The van der Waals surface area contributed by atoms with Gasteiger partial charge in [-0.3, -0.25) is 4.31 Å². The van der Waals surface area contributed by atoms with E-state index in [0.29, 0.717) is 12.2 Å². The van der Waals surface area contributed by atoms with Crippen molar-refractivity contribution in [3.05, 3.63) is 53.1 Å². The van der Waals surface area contributed by atoms with Crippen LogP contribution >= 0.6 is 0 Å². The Labute approximate surface area is 125 Å². The van der Waals surface area contributed by atoms with Crippen molar-refractivity contribution in [3.63, 3.8) is 0 Å². The zero-order valence-electron chi connectivity index (χ0n) is 12.1. The van der Waals surface area contributed by atoms with E-state index in [-0.39, 0.29) is 4.90 Å². The molecule has 110 valence electrons. The second-order valence-corrected chi connectivity index (χ2v) is 7.26. The molecule has 4 nitrogen and oxygen atoms in total. The minimum absolute atomic E-state index is 0.197. The maximum absolute atomic E-state index is 12.9. The summed E-state index contributed by atoms with van der Waals surface area (Å²) in [6.45, 7) is 4.28. The molecular formula is C16H18N2O2S. The maximum atomic E-state index is 12.9. The van der Waals surface area contributed by atoms with Crippen molar-refractivity contribution in [3.8, 4) is 0 Å². The highest BCUT2D eigenvalue weighted by molar-refractivity contribution is 7.93. The number of nitrogen functional groups attached to an aromatic ring is 1. The summed E-state index contributed by atoms with van der Waals surface area (Å²) < 4.78 is 27.3. The van der Waals surface area contributed by atoms with Gasteiger partial charge in [-0.25, -0.2) is 8.42 Å². The van der Waals surface area contributed by atoms with Crippen LogP contribution in [0.25, 0.3) is 0 Å². The number of hydrogen-bond donors (Lipinski definition) is 1. The van der Waals surface area contributed by atoms with Crippen molar-refractivity contribution in [2.45, 2.75) is 25.2 Å². The third-order valence-corrected chi connectivity index (χ3v) is 5.91. The van der Waals surface area contributed by atoms with Gasteiger partial charge in [-0.15, -0.1) is 0 Å². The predicted octanol–water partition coefficient (Wildman–Crippen LogP) is 2.64. The van der Waals surface area contributed by atoms with Crippen molar-refractivity contribution in [2.75, 3.05) is 16.6 Å². The van der Waals surface area contributed by atoms with Crippen molar-refractivity contribution in [2.24, 2.45) is 0 Å². The Morgan fingerprint density at radius 3 is 2.52 bits per heavy atom. The summed E-state index contributed by atoms with van der Waals surface area (Å²) in [7, 11) is -3.61. The van der Waals surface area contributed by atoms with Crippen LogP contribution in [0.1, 0.15) is 16.7 Å². The fourth-order valence-corrected chi connectivity index (χ4v) is 4.40. The lowest BCUT2D eigenvalue weighted by Gasteiger charge is -2.21. The molecule has 0 bridgehead atoms. The Kier molecular flexibility index (Phi) is 3.17. The summed E-state index contributed by atoms with van der Waals surface area (Å²) in [4.78, 5) is 0.197. The molecule has 0 spiro atoms. The van der Waals surface area contributed by atoms with Gasteiger partial charge in [-0.05, 0) is 55.2 Å². The number of para-hydroxylation sites is 1. The topological polar surface area (TPSA) is 63.4 Å². The first kappa shape index (κ1) is 13.9. The number of aryl methyl sites for hydroxylation is 2. The molecule has 0 unspecified atom stereocenters. The first-order valence-corrected chi connectivity index (χ1v) is 8.32. The fourth-order valence-electron chi connectivity index (χ4n) is 2.71. The predicted molar refractivity (Wildman–Crippen MR) is 85.0 cm³/mol. The number of benzene rings is 2. The van der Waals surface area contributed by atoms with Crippen molar-refractivity contribution >= 4 is 21.4 Å². The number of fused-ring (bicyclic) bond motifs is 1. The molecule has 1 aliphatic heterocycles. The van der Waals surface area contributed by atoms with Crippen molar-refractivity contribution in [1.82, 2.24) is 0 Å². The van der Waals surface area contributed by atoms with Gasteiger partial charge in [-0.2, -0.15) is 0 Å². The van der Waals surface area contributed by atoms with E-state index in [9.17, 15) is 8.42 Å². The summed E-state index contributed by atoms with van der Waals surface area (Å²) in [5.74, 6) is 0. The van der Waals surface area contributed by atoms with Crippen LogP contribution in [0.5, 0.6) is 0 Å². The lowest BCUT2D eigenvalue weighted by Crippen LogP contribution is -2.29. The Morgan fingerprint density at radius 1 is 1.10 bits per heavy atom. The SMILES string of the molecule is Cc1cc(N)c(S(=O)(=O)N2CCc3ccccc32)cc1C. The van der Waals surface area contributed by atoms with Gasteiger partial charge in [0.05, 0.1) is 11.4 Å². The van der Waals surface area contributed by atoms with E-state index in [1.807, 2.05) is 38.1 Å². The highest BCUT2D eigenvalue weighted by Gasteiger charge is 2.32. The third kappa shape index (κ3) is 2.17. The molecular weight excluding hydrogens is 284 g/mol. The number of hydrogen-bond acceptors (Lipinski definition) is 3. The summed E-state index contributed by atoms with van der Waals surface area (Å²) in [6.07, 6.45) is 0.736. The van der Waals surface area contributed by atoms with Crippen LogP contribution in [0.4, 0.5) is 11.4 Å². The molecule has 21 heavy (non-hydrogen) atoms. The van der Waals surface area contributed by atoms with E-state index in [0.717, 1.165) is 28.8 Å². The van der Waals surface area contributed by atoms with Crippen LogP contribution in [0.2, 0.25) is 0 Å². The molecule has 2 aromatic carbocycles. The Balaban J connectivity index is 2.13. The molecule has 1 aliphatic rings. The van der Waals surface area contributed by atoms with E-state index < -0.39 is 10.0 Å². The van der Waals surface area contributed by atoms with Gasteiger partial charge in [0.2, 0.25) is 0 Å². The van der Waals surface area contributed by atoms with Gasteiger partial charge in [0.1, 0.15) is 4.90 Å². The van der Waals surface area contributed by atoms with Gasteiger partial charge < -0.3 is 5.73 Å². The Bertz CT molecular complexity index is 813. The summed E-state index contributed by atoms with van der Waals surface area (Å²) >= 11 is 0. The first-order chi connectivity index (χ1) is 9.91. The molecule has 0 amide bonds. The molecule has 3 rings (SSSR count). The van der Waals surface area contributed by atoms with Crippen LogP contribution in [0, 0.1) is 13.8 Å². The lowest BCUT2D eigenvalue weighted by molar-refractivity contribution is 0.592. The quantitative estimate of drug-likeness (QED) is 0.867. The lowest BCUT2D eigenvalue weighted by atomic mass is 10.1. The van der Waals surface area contributed by atoms with Gasteiger partial charge >= 0.3 is 0 Å². The molecule has 2 N–H and O–H groups in total. The van der Waals surface area contributed by atoms with Gasteiger partial charge in [-0.1, -0.05) is 18.2 Å². The molecule has 0 fully saturated rings. The highest BCUT2D eigenvalue weighted by atomic mass is 32.2. The zero-order valence-corrected chi connectivity index (χ0v) is 12.9. The molecule has 0 saturated carbocycles.